The number of aromatic nitrogens is 4. The van der Waals surface area contributed by atoms with E-state index in [9.17, 15) is 0 Å². The molecule has 0 aliphatic rings. The average Bonchev–Trinajstić information content (AvgIpc) is 3.23. The van der Waals surface area contributed by atoms with Gasteiger partial charge in [0.25, 0.3) is 0 Å². The minimum absolute atomic E-state index is 0.158. The maximum absolute atomic E-state index is 5.87. The van der Waals surface area contributed by atoms with E-state index in [1.807, 2.05) is 55.5 Å². The Labute approximate surface area is 184 Å². The van der Waals surface area contributed by atoms with Crippen molar-refractivity contribution in [1.29, 1.82) is 0 Å². The Bertz CT molecular complexity index is 1160. The summed E-state index contributed by atoms with van der Waals surface area (Å²) in [6.07, 6.45) is 1.68. The largest absolute Gasteiger partial charge is 0.495 e. The second kappa shape index (κ2) is 9.48. The third kappa shape index (κ3) is 5.32. The number of ether oxygens (including phenoxy) is 1. The molecule has 4 aromatic rings. The third-order valence-corrected chi connectivity index (χ3v) is 5.35. The number of benzene rings is 2. The Hall–Kier alpha value is -3.59. The molecule has 0 radical (unpaired) electrons. The van der Waals surface area contributed by atoms with Gasteiger partial charge in [0.15, 0.2) is 0 Å². The molecule has 31 heavy (non-hydrogen) atoms. The van der Waals surface area contributed by atoms with E-state index in [0.717, 1.165) is 16.9 Å². The number of thioether (sulfide) groups is 1. The smallest absolute Gasteiger partial charge is 0.232 e. The highest BCUT2D eigenvalue weighted by molar-refractivity contribution is 7.97. The first kappa shape index (κ1) is 20.7. The summed E-state index contributed by atoms with van der Waals surface area (Å²) in [5, 5.41) is 3.13. The van der Waals surface area contributed by atoms with Crippen LogP contribution in [-0.2, 0) is 11.5 Å². The Morgan fingerprint density at radius 1 is 1.00 bits per heavy atom. The van der Waals surface area contributed by atoms with Gasteiger partial charge < -0.3 is 20.2 Å². The van der Waals surface area contributed by atoms with Gasteiger partial charge in [-0.2, -0.15) is 15.0 Å². The summed E-state index contributed by atoms with van der Waals surface area (Å²) >= 11 is 1.62. The first-order chi connectivity index (χ1) is 15.1. The van der Waals surface area contributed by atoms with Crippen LogP contribution in [-0.4, -0.2) is 27.0 Å². The maximum Gasteiger partial charge on any atom is 0.232 e. The molecule has 0 aliphatic heterocycles. The number of methoxy groups -OCH3 is 1. The highest BCUT2D eigenvalue weighted by Crippen LogP contribution is 2.26. The van der Waals surface area contributed by atoms with Crippen molar-refractivity contribution in [3.05, 3.63) is 71.9 Å². The molecule has 0 aliphatic carbocycles. The predicted molar refractivity (Wildman–Crippen MR) is 122 cm³/mol. The van der Waals surface area contributed by atoms with Crippen molar-refractivity contribution in [2.24, 2.45) is 0 Å². The van der Waals surface area contributed by atoms with Crippen LogP contribution in [0.15, 0.2) is 59.2 Å². The Kier molecular flexibility index (Phi) is 6.32. The van der Waals surface area contributed by atoms with E-state index >= 15 is 0 Å². The van der Waals surface area contributed by atoms with Crippen LogP contribution < -0.4 is 15.8 Å². The molecule has 2 aromatic carbocycles. The second-order valence-corrected chi connectivity index (χ2v) is 7.75. The molecule has 4 rings (SSSR count). The van der Waals surface area contributed by atoms with Gasteiger partial charge in [0.1, 0.15) is 17.8 Å². The van der Waals surface area contributed by atoms with Gasteiger partial charge >= 0.3 is 0 Å². The van der Waals surface area contributed by atoms with Crippen LogP contribution >= 0.6 is 11.8 Å². The molecular formula is C22H22N6O2S. The Balaban J connectivity index is 1.38. The highest BCUT2D eigenvalue weighted by Gasteiger charge is 2.10. The zero-order valence-electron chi connectivity index (χ0n) is 17.2. The van der Waals surface area contributed by atoms with Gasteiger partial charge in [-0.1, -0.05) is 29.8 Å². The minimum Gasteiger partial charge on any atom is -0.495 e. The number of oxazole rings is 1. The Morgan fingerprint density at radius 3 is 2.61 bits per heavy atom. The maximum atomic E-state index is 5.87. The topological polar surface area (TPSA) is 112 Å². The molecule has 0 saturated carbocycles. The van der Waals surface area contributed by atoms with Gasteiger partial charge in [-0.05, 0) is 31.2 Å². The van der Waals surface area contributed by atoms with E-state index in [1.165, 1.54) is 5.56 Å². The number of nitrogens with one attached hydrogen (secondary N) is 1. The molecule has 0 atom stereocenters. The molecule has 2 aromatic heterocycles. The fourth-order valence-corrected chi connectivity index (χ4v) is 3.63. The number of rotatable bonds is 8. The first-order valence-electron chi connectivity index (χ1n) is 9.60. The quantitative estimate of drug-likeness (QED) is 0.411. The minimum atomic E-state index is 0.158. The highest BCUT2D eigenvalue weighted by atomic mass is 32.2. The van der Waals surface area contributed by atoms with Crippen LogP contribution in [0, 0.1) is 6.92 Å². The van der Waals surface area contributed by atoms with E-state index in [4.69, 9.17) is 14.9 Å². The van der Waals surface area contributed by atoms with Crippen LogP contribution in [0.1, 0.15) is 17.1 Å². The Morgan fingerprint density at radius 2 is 1.81 bits per heavy atom. The molecule has 0 spiro atoms. The molecule has 0 unspecified atom stereocenters. The summed E-state index contributed by atoms with van der Waals surface area (Å²) < 4.78 is 11.0. The van der Waals surface area contributed by atoms with Crippen molar-refractivity contribution in [2.75, 3.05) is 18.2 Å². The van der Waals surface area contributed by atoms with Crippen molar-refractivity contribution in [1.82, 2.24) is 19.9 Å². The van der Waals surface area contributed by atoms with Crippen molar-refractivity contribution in [3.8, 4) is 17.2 Å². The number of hydrogen-bond acceptors (Lipinski definition) is 9. The number of nitrogen functional groups attached to an aromatic ring is 1. The van der Waals surface area contributed by atoms with Crippen LogP contribution in [0.25, 0.3) is 11.5 Å². The lowest BCUT2D eigenvalue weighted by molar-refractivity contribution is 0.417. The van der Waals surface area contributed by atoms with Gasteiger partial charge in [-0.15, -0.1) is 11.8 Å². The SMILES string of the molecule is COc1ccccc1Nc1nc(N)nc(CSCc2coc(-c3ccc(C)cc3)n2)n1. The van der Waals surface area contributed by atoms with E-state index < -0.39 is 0 Å². The van der Waals surface area contributed by atoms with E-state index in [2.05, 4.69) is 25.3 Å². The molecule has 2 heterocycles. The van der Waals surface area contributed by atoms with Crippen LogP contribution in [0.2, 0.25) is 0 Å². The van der Waals surface area contributed by atoms with Gasteiger partial charge in [0.05, 0.1) is 24.2 Å². The summed E-state index contributed by atoms with van der Waals surface area (Å²) in [6.45, 7) is 2.05. The van der Waals surface area contributed by atoms with Crippen LogP contribution in [0.5, 0.6) is 5.75 Å². The fraction of sp³-hybridized carbons (Fsp3) is 0.182. The standard InChI is InChI=1S/C22H22N6O2S/c1-14-7-9-15(10-8-14)20-24-16(11-30-20)12-31-13-19-26-21(23)28-22(27-19)25-17-5-3-4-6-18(17)29-2/h3-11H,12-13H2,1-2H3,(H3,23,25,26,27,28). The normalized spacial score (nSPS) is 10.8. The number of para-hydroxylation sites is 2. The van der Waals surface area contributed by atoms with E-state index in [0.29, 0.717) is 34.9 Å². The molecule has 8 nitrogen and oxygen atoms in total. The van der Waals surface area contributed by atoms with Gasteiger partial charge in [0, 0.05) is 11.3 Å². The van der Waals surface area contributed by atoms with Crippen LogP contribution in [0.3, 0.4) is 0 Å². The number of nitrogens with two attached hydrogens (primary N) is 1. The van der Waals surface area contributed by atoms with Crippen molar-refractivity contribution >= 4 is 29.3 Å². The third-order valence-electron chi connectivity index (χ3n) is 4.38. The molecule has 158 valence electrons. The fourth-order valence-electron chi connectivity index (χ4n) is 2.88. The lowest BCUT2D eigenvalue weighted by Crippen LogP contribution is -2.07. The molecule has 0 bridgehead atoms. The second-order valence-electron chi connectivity index (χ2n) is 6.76. The molecular weight excluding hydrogens is 412 g/mol. The zero-order valence-corrected chi connectivity index (χ0v) is 18.0. The van der Waals surface area contributed by atoms with E-state index in [-0.39, 0.29) is 5.95 Å². The number of aryl methyl sites for hydroxylation is 1. The van der Waals surface area contributed by atoms with Gasteiger partial charge in [0.2, 0.25) is 17.8 Å². The van der Waals surface area contributed by atoms with Gasteiger partial charge in [-0.3, -0.25) is 0 Å². The molecule has 3 N–H and O–H groups in total. The van der Waals surface area contributed by atoms with Crippen molar-refractivity contribution in [3.63, 3.8) is 0 Å². The first-order valence-corrected chi connectivity index (χ1v) is 10.8. The summed E-state index contributed by atoms with van der Waals surface area (Å²) in [6, 6.07) is 15.6. The number of anilines is 3. The lowest BCUT2D eigenvalue weighted by Gasteiger charge is -2.10. The predicted octanol–water partition coefficient (Wildman–Crippen LogP) is 4.60. The summed E-state index contributed by atoms with van der Waals surface area (Å²) in [5.41, 5.74) is 9.64. The van der Waals surface area contributed by atoms with Crippen molar-refractivity contribution < 1.29 is 9.15 Å². The summed E-state index contributed by atoms with van der Waals surface area (Å²) in [7, 11) is 1.61. The molecule has 9 heteroatoms. The number of nitrogens with zero attached hydrogens (tertiary/aromatic N) is 4. The van der Waals surface area contributed by atoms with Crippen molar-refractivity contribution in [2.45, 2.75) is 18.4 Å². The van der Waals surface area contributed by atoms with E-state index in [1.54, 1.807) is 25.1 Å². The molecule has 0 saturated heterocycles. The number of hydrogen-bond donors (Lipinski definition) is 2. The lowest BCUT2D eigenvalue weighted by atomic mass is 10.1. The van der Waals surface area contributed by atoms with Gasteiger partial charge in [-0.25, -0.2) is 4.98 Å². The zero-order chi connectivity index (χ0) is 21.6. The molecule has 0 fully saturated rings. The monoisotopic (exact) mass is 434 g/mol. The summed E-state index contributed by atoms with van der Waals surface area (Å²) in [5.74, 6) is 3.63. The van der Waals surface area contributed by atoms with Crippen LogP contribution in [0.4, 0.5) is 17.6 Å². The average molecular weight is 435 g/mol. The summed E-state index contributed by atoms with van der Waals surface area (Å²) in [4.78, 5) is 17.4. The molecule has 0 amide bonds.